The van der Waals surface area contributed by atoms with Gasteiger partial charge in [0.2, 0.25) is 5.91 Å². The molecule has 0 unspecified atom stereocenters. The number of likely N-dealkylation sites (N-methyl/N-ethyl adjacent to an activating group) is 1. The molecule has 1 amide bonds. The van der Waals surface area contributed by atoms with Gasteiger partial charge in [0.25, 0.3) is 0 Å². The van der Waals surface area contributed by atoms with Crippen LogP contribution in [0.25, 0.3) is 0 Å². The van der Waals surface area contributed by atoms with E-state index in [9.17, 15) is 9.59 Å². The van der Waals surface area contributed by atoms with Gasteiger partial charge in [-0.3, -0.25) is 9.69 Å². The first kappa shape index (κ1) is 16.9. The third-order valence-electron chi connectivity index (χ3n) is 3.57. The fourth-order valence-corrected chi connectivity index (χ4v) is 3.26. The molecule has 6 nitrogen and oxygen atoms in total. The van der Waals surface area contributed by atoms with Gasteiger partial charge < -0.3 is 15.0 Å². The second-order valence-electron chi connectivity index (χ2n) is 5.45. The van der Waals surface area contributed by atoms with Crippen LogP contribution in [0.3, 0.4) is 0 Å². The van der Waals surface area contributed by atoms with Gasteiger partial charge in [-0.1, -0.05) is 0 Å². The summed E-state index contributed by atoms with van der Waals surface area (Å²) in [5.74, 6) is -0.473. The van der Waals surface area contributed by atoms with Crippen molar-refractivity contribution in [2.45, 2.75) is 13.8 Å². The molecule has 0 bridgehead atoms. The van der Waals surface area contributed by atoms with E-state index < -0.39 is 0 Å². The first-order chi connectivity index (χ1) is 10.5. The normalized spacial score (nSPS) is 16.5. The van der Waals surface area contributed by atoms with E-state index in [0.29, 0.717) is 23.7 Å². The third-order valence-corrected chi connectivity index (χ3v) is 4.53. The molecular weight excluding hydrogens is 302 g/mol. The number of carbonyl (C=O) groups is 2. The van der Waals surface area contributed by atoms with Crippen LogP contribution in [-0.4, -0.2) is 68.1 Å². The van der Waals surface area contributed by atoms with Crippen LogP contribution in [0.5, 0.6) is 0 Å². The monoisotopic (exact) mass is 325 g/mol. The van der Waals surface area contributed by atoms with Crippen LogP contribution in [0.2, 0.25) is 0 Å². The SMILES string of the molecule is CCOC(=O)c1cc(C)sc1NC(=O)CN1CCN(C)CC1. The molecule has 1 aromatic heterocycles. The molecule has 0 radical (unpaired) electrons. The largest absolute Gasteiger partial charge is 0.462 e. The Hall–Kier alpha value is -1.44. The molecule has 7 heteroatoms. The number of hydrogen-bond acceptors (Lipinski definition) is 6. The average Bonchev–Trinajstić information content (AvgIpc) is 2.82. The summed E-state index contributed by atoms with van der Waals surface area (Å²) in [6.07, 6.45) is 0. The summed E-state index contributed by atoms with van der Waals surface area (Å²) >= 11 is 1.40. The maximum Gasteiger partial charge on any atom is 0.341 e. The predicted octanol–water partition coefficient (Wildman–Crippen LogP) is 1.42. The Balaban J connectivity index is 1.95. The lowest BCUT2D eigenvalue weighted by atomic mass is 10.3. The molecule has 122 valence electrons. The van der Waals surface area contributed by atoms with E-state index in [1.54, 1.807) is 13.0 Å². The van der Waals surface area contributed by atoms with E-state index in [4.69, 9.17) is 4.74 Å². The number of hydrogen-bond donors (Lipinski definition) is 1. The van der Waals surface area contributed by atoms with Gasteiger partial charge >= 0.3 is 5.97 Å². The number of thiophene rings is 1. The lowest BCUT2D eigenvalue weighted by Gasteiger charge is -2.31. The first-order valence-electron chi connectivity index (χ1n) is 7.48. The summed E-state index contributed by atoms with van der Waals surface area (Å²) < 4.78 is 5.03. The van der Waals surface area contributed by atoms with Crippen LogP contribution in [0.1, 0.15) is 22.2 Å². The highest BCUT2D eigenvalue weighted by atomic mass is 32.1. The molecule has 22 heavy (non-hydrogen) atoms. The standard InChI is InChI=1S/C15H23N3O3S/c1-4-21-15(20)12-9-11(2)22-14(12)16-13(19)10-18-7-5-17(3)6-8-18/h9H,4-8,10H2,1-3H3,(H,16,19). The molecule has 2 rings (SSSR count). The quantitative estimate of drug-likeness (QED) is 0.830. The van der Waals surface area contributed by atoms with Gasteiger partial charge in [0.15, 0.2) is 0 Å². The van der Waals surface area contributed by atoms with Gasteiger partial charge in [-0.2, -0.15) is 0 Å². The van der Waals surface area contributed by atoms with Crippen molar-refractivity contribution in [2.24, 2.45) is 0 Å². The third kappa shape index (κ3) is 4.53. The number of nitrogens with zero attached hydrogens (tertiary/aromatic N) is 2. The van der Waals surface area contributed by atoms with Crippen molar-refractivity contribution in [3.8, 4) is 0 Å². The van der Waals surface area contributed by atoms with Crippen molar-refractivity contribution >= 4 is 28.2 Å². The molecular formula is C15H23N3O3S. The van der Waals surface area contributed by atoms with E-state index in [-0.39, 0.29) is 11.9 Å². The molecule has 0 saturated carbocycles. The smallest absolute Gasteiger partial charge is 0.341 e. The molecule has 1 aliphatic heterocycles. The highest BCUT2D eigenvalue weighted by molar-refractivity contribution is 7.16. The number of esters is 1. The summed E-state index contributed by atoms with van der Waals surface area (Å²) in [5.41, 5.74) is 0.441. The number of ether oxygens (including phenoxy) is 1. The molecule has 1 saturated heterocycles. The van der Waals surface area contributed by atoms with Gasteiger partial charge in [0, 0.05) is 31.1 Å². The Bertz CT molecular complexity index is 536. The van der Waals surface area contributed by atoms with Crippen LogP contribution in [0.4, 0.5) is 5.00 Å². The van der Waals surface area contributed by atoms with Gasteiger partial charge in [-0.25, -0.2) is 4.79 Å². The molecule has 1 N–H and O–H groups in total. The summed E-state index contributed by atoms with van der Waals surface area (Å²) in [4.78, 5) is 29.4. The molecule has 1 fully saturated rings. The maximum atomic E-state index is 12.2. The summed E-state index contributed by atoms with van der Waals surface area (Å²) in [7, 11) is 2.08. The fraction of sp³-hybridized carbons (Fsp3) is 0.600. The molecule has 2 heterocycles. The lowest BCUT2D eigenvalue weighted by molar-refractivity contribution is -0.117. The van der Waals surface area contributed by atoms with Crippen molar-refractivity contribution in [2.75, 3.05) is 51.7 Å². The summed E-state index contributed by atoms with van der Waals surface area (Å²) in [5, 5.41) is 3.43. The topological polar surface area (TPSA) is 61.9 Å². The Morgan fingerprint density at radius 1 is 1.32 bits per heavy atom. The van der Waals surface area contributed by atoms with Gasteiger partial charge in [-0.15, -0.1) is 11.3 Å². The minimum atomic E-state index is -0.387. The zero-order chi connectivity index (χ0) is 16.1. The molecule has 0 aromatic carbocycles. The van der Waals surface area contributed by atoms with Crippen molar-refractivity contribution in [1.82, 2.24) is 9.80 Å². The molecule has 0 aliphatic carbocycles. The van der Waals surface area contributed by atoms with Crippen molar-refractivity contribution in [3.05, 3.63) is 16.5 Å². The first-order valence-corrected chi connectivity index (χ1v) is 8.29. The minimum absolute atomic E-state index is 0.0862. The van der Waals surface area contributed by atoms with E-state index >= 15 is 0 Å². The van der Waals surface area contributed by atoms with Crippen LogP contribution in [0.15, 0.2) is 6.07 Å². The molecule has 0 spiro atoms. The predicted molar refractivity (Wildman–Crippen MR) is 87.6 cm³/mol. The van der Waals surface area contributed by atoms with Gasteiger partial charge in [-0.05, 0) is 27.0 Å². The Labute approximate surface area is 135 Å². The number of amides is 1. The van der Waals surface area contributed by atoms with E-state index in [1.807, 2.05) is 6.92 Å². The van der Waals surface area contributed by atoms with E-state index in [0.717, 1.165) is 31.1 Å². The molecule has 1 aliphatic rings. The number of carbonyl (C=O) groups excluding carboxylic acids is 2. The molecule has 1 aromatic rings. The second-order valence-corrected chi connectivity index (χ2v) is 6.70. The number of anilines is 1. The van der Waals surface area contributed by atoms with Crippen molar-refractivity contribution < 1.29 is 14.3 Å². The van der Waals surface area contributed by atoms with Gasteiger partial charge in [0.1, 0.15) is 5.00 Å². The van der Waals surface area contributed by atoms with E-state index in [2.05, 4.69) is 22.2 Å². The zero-order valence-electron chi connectivity index (χ0n) is 13.3. The number of piperazine rings is 1. The van der Waals surface area contributed by atoms with Crippen molar-refractivity contribution in [1.29, 1.82) is 0 Å². The highest BCUT2D eigenvalue weighted by Crippen LogP contribution is 2.28. The zero-order valence-corrected chi connectivity index (χ0v) is 14.2. The van der Waals surface area contributed by atoms with Crippen LogP contribution >= 0.6 is 11.3 Å². The minimum Gasteiger partial charge on any atom is -0.462 e. The number of aryl methyl sites for hydroxylation is 1. The summed E-state index contributed by atoms with van der Waals surface area (Å²) in [6, 6.07) is 1.76. The Kier molecular flexibility index (Phi) is 5.93. The van der Waals surface area contributed by atoms with Crippen LogP contribution in [0, 0.1) is 6.92 Å². The maximum absolute atomic E-state index is 12.2. The Morgan fingerprint density at radius 3 is 2.64 bits per heavy atom. The summed E-state index contributed by atoms with van der Waals surface area (Å²) in [6.45, 7) is 8.07. The average molecular weight is 325 g/mol. The highest BCUT2D eigenvalue weighted by Gasteiger charge is 2.20. The number of rotatable bonds is 5. The fourth-order valence-electron chi connectivity index (χ4n) is 2.34. The van der Waals surface area contributed by atoms with Gasteiger partial charge in [0.05, 0.1) is 18.7 Å². The van der Waals surface area contributed by atoms with Crippen LogP contribution in [-0.2, 0) is 9.53 Å². The molecule has 0 atom stereocenters. The van der Waals surface area contributed by atoms with Crippen molar-refractivity contribution in [3.63, 3.8) is 0 Å². The Morgan fingerprint density at radius 2 is 2.00 bits per heavy atom. The second kappa shape index (κ2) is 7.71. The number of nitrogens with one attached hydrogen (secondary N) is 1. The van der Waals surface area contributed by atoms with Crippen LogP contribution < -0.4 is 5.32 Å². The lowest BCUT2D eigenvalue weighted by Crippen LogP contribution is -2.47. The van der Waals surface area contributed by atoms with E-state index in [1.165, 1.54) is 11.3 Å².